The number of fused-ring (bicyclic) bond motifs is 2. The van der Waals surface area contributed by atoms with Crippen LogP contribution in [0.25, 0.3) is 0 Å². The van der Waals surface area contributed by atoms with Gasteiger partial charge in [-0.2, -0.15) is 0 Å². The maximum absolute atomic E-state index is 6.71. The summed E-state index contributed by atoms with van der Waals surface area (Å²) in [6.07, 6.45) is 8.69. The zero-order valence-corrected chi connectivity index (χ0v) is 16.0. The molecule has 1 atom stereocenters. The fourth-order valence-corrected chi connectivity index (χ4v) is 4.87. The van der Waals surface area contributed by atoms with Gasteiger partial charge in [0.15, 0.2) is 0 Å². The van der Waals surface area contributed by atoms with Crippen molar-refractivity contribution < 1.29 is 0 Å². The summed E-state index contributed by atoms with van der Waals surface area (Å²) in [5, 5.41) is 1.54. The molecule has 0 spiro atoms. The molecule has 128 valence electrons. The van der Waals surface area contributed by atoms with E-state index in [1.165, 1.54) is 48.1 Å². The number of aromatic nitrogens is 1. The molecule has 1 heterocycles. The van der Waals surface area contributed by atoms with Gasteiger partial charge in [-0.15, -0.1) is 0 Å². The first-order valence-corrected chi connectivity index (χ1v) is 9.82. The van der Waals surface area contributed by atoms with Crippen LogP contribution in [0.5, 0.6) is 0 Å². The molecule has 0 fully saturated rings. The number of halogens is 2. The Hall–Kier alpha value is -1.05. The highest BCUT2D eigenvalue weighted by atomic mass is 35.5. The molecule has 0 radical (unpaired) electrons. The summed E-state index contributed by atoms with van der Waals surface area (Å²) in [6, 6.07) is 8.29. The predicted molar refractivity (Wildman–Crippen MR) is 103 cm³/mol. The maximum Gasteiger partial charge on any atom is 0.0513 e. The first-order valence-electron chi connectivity index (χ1n) is 9.07. The fraction of sp³-hybridized carbons (Fsp3) is 0.476. The van der Waals surface area contributed by atoms with Gasteiger partial charge >= 0.3 is 0 Å². The lowest BCUT2D eigenvalue weighted by Crippen LogP contribution is -2.18. The third kappa shape index (κ3) is 3.48. The number of benzene rings is 1. The summed E-state index contributed by atoms with van der Waals surface area (Å²) in [4.78, 5) is 4.82. The van der Waals surface area contributed by atoms with E-state index in [9.17, 15) is 0 Å². The van der Waals surface area contributed by atoms with Crippen LogP contribution in [0.15, 0.2) is 30.5 Å². The van der Waals surface area contributed by atoms with Crippen LogP contribution in [0.1, 0.15) is 67.8 Å². The highest BCUT2D eigenvalue weighted by Gasteiger charge is 2.32. The Labute approximate surface area is 155 Å². The van der Waals surface area contributed by atoms with Crippen LogP contribution in [0.3, 0.4) is 0 Å². The largest absolute Gasteiger partial charge is 0.260 e. The molecule has 2 aromatic rings. The highest BCUT2D eigenvalue weighted by molar-refractivity contribution is 6.35. The molecule has 3 rings (SSSR count). The minimum atomic E-state index is 0.281. The molecule has 1 aromatic heterocycles. The molecule has 1 aromatic carbocycles. The van der Waals surface area contributed by atoms with Crippen molar-refractivity contribution in [2.75, 3.05) is 0 Å². The molecule has 24 heavy (non-hydrogen) atoms. The number of nitrogens with zero attached hydrogens (tertiary/aromatic N) is 1. The maximum atomic E-state index is 6.71. The second-order valence-corrected chi connectivity index (χ2v) is 7.67. The number of hydrogen-bond acceptors (Lipinski definition) is 1. The summed E-state index contributed by atoms with van der Waals surface area (Å²) in [7, 11) is 0. The molecule has 0 amide bonds. The first-order chi connectivity index (χ1) is 11.7. The normalized spacial score (nSPS) is 16.6. The summed E-state index contributed by atoms with van der Waals surface area (Å²) in [5.74, 6) is 0.854. The van der Waals surface area contributed by atoms with Gasteiger partial charge < -0.3 is 0 Å². The second kappa shape index (κ2) is 7.89. The lowest BCUT2D eigenvalue weighted by molar-refractivity contribution is 0.390. The van der Waals surface area contributed by atoms with Gasteiger partial charge in [0.05, 0.1) is 5.69 Å². The summed E-state index contributed by atoms with van der Waals surface area (Å²) in [6.45, 7) is 4.53. The average molecular weight is 362 g/mol. The number of aryl methyl sites for hydroxylation is 2. The van der Waals surface area contributed by atoms with Crippen molar-refractivity contribution in [3.05, 3.63) is 62.9 Å². The van der Waals surface area contributed by atoms with Crippen molar-refractivity contribution in [1.82, 2.24) is 4.98 Å². The van der Waals surface area contributed by atoms with E-state index in [0.717, 1.165) is 22.9 Å². The molecule has 0 aliphatic heterocycles. The Morgan fingerprint density at radius 1 is 1.08 bits per heavy atom. The minimum Gasteiger partial charge on any atom is -0.260 e. The van der Waals surface area contributed by atoms with Crippen LogP contribution in [0, 0.1) is 5.92 Å². The van der Waals surface area contributed by atoms with Crippen LogP contribution in [0.2, 0.25) is 10.0 Å². The van der Waals surface area contributed by atoms with Crippen LogP contribution in [-0.4, -0.2) is 4.98 Å². The van der Waals surface area contributed by atoms with Crippen LogP contribution >= 0.6 is 23.2 Å². The Bertz CT molecular complexity index is 705. The predicted octanol–water partition coefficient (Wildman–Crippen LogP) is 6.84. The van der Waals surface area contributed by atoms with E-state index >= 15 is 0 Å². The zero-order valence-electron chi connectivity index (χ0n) is 14.5. The van der Waals surface area contributed by atoms with Crippen molar-refractivity contribution in [2.45, 2.75) is 58.3 Å². The van der Waals surface area contributed by atoms with Gasteiger partial charge in [0.25, 0.3) is 0 Å². The third-order valence-electron chi connectivity index (χ3n) is 5.17. The Morgan fingerprint density at radius 3 is 2.50 bits per heavy atom. The van der Waals surface area contributed by atoms with E-state index in [2.05, 4.69) is 32.0 Å². The van der Waals surface area contributed by atoms with E-state index in [1.807, 2.05) is 12.3 Å². The van der Waals surface area contributed by atoms with Crippen LogP contribution in [0.4, 0.5) is 0 Å². The molecule has 1 nitrogen and oxygen atoms in total. The molecule has 0 bridgehead atoms. The van der Waals surface area contributed by atoms with E-state index in [-0.39, 0.29) is 5.92 Å². The lowest BCUT2D eigenvalue weighted by Gasteiger charge is -2.29. The fourth-order valence-electron chi connectivity index (χ4n) is 4.22. The molecular weight excluding hydrogens is 337 g/mol. The molecular formula is C21H25Cl2N. The highest BCUT2D eigenvalue weighted by Crippen LogP contribution is 2.45. The zero-order chi connectivity index (χ0) is 17.1. The molecule has 3 heteroatoms. The standard InChI is InChI=1S/C21H25Cl2N/c1-3-6-14(7-4-2)20-19-16(12-17(22)13-18(19)23)10-9-15-8-5-11-24-21(15)20/h5,8,11-14,20H,3-4,6-7,9-10H2,1-2H3. The lowest BCUT2D eigenvalue weighted by atomic mass is 9.77. The Balaban J connectivity index is 2.20. The molecule has 0 saturated carbocycles. The van der Waals surface area contributed by atoms with Gasteiger partial charge in [-0.25, -0.2) is 0 Å². The smallest absolute Gasteiger partial charge is 0.0513 e. The van der Waals surface area contributed by atoms with Gasteiger partial charge in [-0.1, -0.05) is 56.0 Å². The first kappa shape index (κ1) is 17.8. The number of rotatable bonds is 5. The van der Waals surface area contributed by atoms with Gasteiger partial charge in [0, 0.05) is 22.2 Å². The topological polar surface area (TPSA) is 12.9 Å². The molecule has 1 aliphatic rings. The van der Waals surface area contributed by atoms with E-state index in [0.29, 0.717) is 5.92 Å². The van der Waals surface area contributed by atoms with Crippen molar-refractivity contribution in [3.8, 4) is 0 Å². The van der Waals surface area contributed by atoms with Gasteiger partial charge in [0.1, 0.15) is 0 Å². The van der Waals surface area contributed by atoms with Crippen LogP contribution < -0.4 is 0 Å². The SMILES string of the molecule is CCCC(CCC)C1c2ncccc2CCc2cc(Cl)cc(Cl)c21. The summed E-state index contributed by atoms with van der Waals surface area (Å²) >= 11 is 13.0. The van der Waals surface area contributed by atoms with E-state index in [1.54, 1.807) is 0 Å². The van der Waals surface area contributed by atoms with Crippen molar-refractivity contribution >= 4 is 23.2 Å². The van der Waals surface area contributed by atoms with Gasteiger partial charge in [0.2, 0.25) is 0 Å². The molecule has 1 unspecified atom stereocenters. The molecule has 1 aliphatic carbocycles. The third-order valence-corrected chi connectivity index (χ3v) is 5.70. The average Bonchev–Trinajstić information content (AvgIpc) is 2.72. The molecule has 0 N–H and O–H groups in total. The van der Waals surface area contributed by atoms with E-state index < -0.39 is 0 Å². The second-order valence-electron chi connectivity index (χ2n) is 6.82. The monoisotopic (exact) mass is 361 g/mol. The van der Waals surface area contributed by atoms with Crippen molar-refractivity contribution in [2.24, 2.45) is 5.92 Å². The Morgan fingerprint density at radius 2 is 1.79 bits per heavy atom. The van der Waals surface area contributed by atoms with Gasteiger partial charge in [-0.05, 0) is 66.5 Å². The quantitative estimate of drug-likeness (QED) is 0.568. The van der Waals surface area contributed by atoms with Gasteiger partial charge in [-0.3, -0.25) is 4.98 Å². The molecule has 0 saturated heterocycles. The number of hydrogen-bond donors (Lipinski definition) is 0. The summed E-state index contributed by atoms with van der Waals surface area (Å²) in [5.41, 5.74) is 5.16. The van der Waals surface area contributed by atoms with Crippen molar-refractivity contribution in [3.63, 3.8) is 0 Å². The minimum absolute atomic E-state index is 0.281. The van der Waals surface area contributed by atoms with Crippen LogP contribution in [-0.2, 0) is 12.8 Å². The summed E-state index contributed by atoms with van der Waals surface area (Å²) < 4.78 is 0. The Kier molecular flexibility index (Phi) is 5.84. The number of pyridine rings is 1. The van der Waals surface area contributed by atoms with E-state index in [4.69, 9.17) is 28.2 Å². The van der Waals surface area contributed by atoms with Crippen molar-refractivity contribution in [1.29, 1.82) is 0 Å².